The van der Waals surface area contributed by atoms with Gasteiger partial charge in [0.15, 0.2) is 0 Å². The summed E-state index contributed by atoms with van der Waals surface area (Å²) < 4.78 is 2.28. The molecule has 1 aliphatic carbocycles. The third-order valence-electron chi connectivity index (χ3n) is 5.40. The van der Waals surface area contributed by atoms with Crippen LogP contribution in [0.15, 0.2) is 24.5 Å². The van der Waals surface area contributed by atoms with Crippen LogP contribution in [-0.4, -0.2) is 33.4 Å². The van der Waals surface area contributed by atoms with Gasteiger partial charge in [-0.05, 0) is 38.3 Å². The van der Waals surface area contributed by atoms with Crippen molar-refractivity contribution in [1.82, 2.24) is 14.5 Å². The normalized spacial score (nSPS) is 26.6. The maximum Gasteiger partial charge on any atom is 0.226 e. The minimum atomic E-state index is 0.218. The molecular formula is C19H25N3OS. The number of rotatable bonds is 4. The molecule has 2 aromatic rings. The summed E-state index contributed by atoms with van der Waals surface area (Å²) in [5, 5.41) is 0. The van der Waals surface area contributed by atoms with Crippen LogP contribution >= 0.6 is 11.3 Å². The third kappa shape index (κ3) is 2.90. The van der Waals surface area contributed by atoms with E-state index >= 15 is 0 Å². The van der Waals surface area contributed by atoms with Crippen LogP contribution in [0.1, 0.15) is 53.7 Å². The van der Waals surface area contributed by atoms with Crippen LogP contribution in [0.5, 0.6) is 0 Å². The maximum absolute atomic E-state index is 12.9. The molecule has 1 amide bonds. The van der Waals surface area contributed by atoms with E-state index in [1.165, 1.54) is 9.75 Å². The molecule has 0 unspecified atom stereocenters. The van der Waals surface area contributed by atoms with Crippen molar-refractivity contribution in [1.29, 1.82) is 0 Å². The number of likely N-dealkylation sites (tertiary alicyclic amines) is 1. The van der Waals surface area contributed by atoms with Crippen LogP contribution < -0.4 is 0 Å². The van der Waals surface area contributed by atoms with Crippen molar-refractivity contribution < 1.29 is 4.79 Å². The second kappa shape index (κ2) is 6.36. The molecule has 1 saturated heterocycles. The lowest BCUT2D eigenvalue weighted by Gasteiger charge is -2.34. The zero-order valence-corrected chi connectivity index (χ0v) is 15.3. The summed E-state index contributed by atoms with van der Waals surface area (Å²) in [5.74, 6) is 2.19. The van der Waals surface area contributed by atoms with Crippen LogP contribution in [0, 0.1) is 12.8 Å². The van der Waals surface area contributed by atoms with Crippen molar-refractivity contribution in [3.63, 3.8) is 0 Å². The Bertz CT molecular complexity index is 735. The Morgan fingerprint density at radius 1 is 1.42 bits per heavy atom. The average molecular weight is 343 g/mol. The van der Waals surface area contributed by atoms with Gasteiger partial charge in [0.1, 0.15) is 5.82 Å². The molecule has 5 heteroatoms. The minimum Gasteiger partial charge on any atom is -0.340 e. The van der Waals surface area contributed by atoms with Gasteiger partial charge in [-0.25, -0.2) is 4.98 Å². The standard InChI is InChI=1S/C19H25N3OS/c1-3-18-20-8-10-22(18)14-5-4-9-21(12-14)19(23)16-11-15(16)17-7-6-13(2)24-17/h6-8,10,14-16H,3-5,9,11-12H2,1-2H3/t14-,15+,16-/m1/s1. The van der Waals surface area contributed by atoms with Gasteiger partial charge < -0.3 is 9.47 Å². The second-order valence-corrected chi connectivity index (χ2v) is 8.40. The lowest BCUT2D eigenvalue weighted by Crippen LogP contribution is -2.41. The van der Waals surface area contributed by atoms with E-state index in [1.807, 2.05) is 17.5 Å². The highest BCUT2D eigenvalue weighted by Gasteiger charge is 2.47. The summed E-state index contributed by atoms with van der Waals surface area (Å²) >= 11 is 1.85. The number of imidazole rings is 1. The van der Waals surface area contributed by atoms with Gasteiger partial charge in [0.2, 0.25) is 5.91 Å². The van der Waals surface area contributed by atoms with Crippen molar-refractivity contribution in [2.75, 3.05) is 13.1 Å². The van der Waals surface area contributed by atoms with E-state index in [2.05, 4.69) is 46.6 Å². The van der Waals surface area contributed by atoms with E-state index in [-0.39, 0.29) is 5.92 Å². The molecule has 2 aliphatic rings. The van der Waals surface area contributed by atoms with Crippen molar-refractivity contribution >= 4 is 17.2 Å². The molecule has 2 fully saturated rings. The molecule has 0 aromatic carbocycles. The predicted molar refractivity (Wildman–Crippen MR) is 96.4 cm³/mol. The molecule has 0 bridgehead atoms. The molecule has 128 valence electrons. The first-order valence-corrected chi connectivity index (χ1v) is 9.86. The van der Waals surface area contributed by atoms with Crippen molar-refractivity contribution in [2.45, 2.75) is 51.5 Å². The molecule has 0 spiro atoms. The number of amides is 1. The SMILES string of the molecule is CCc1nccn1[C@@H]1CCCN(C(=O)[C@@H]2C[C@@H]2c2ccc(C)s2)C1. The molecular weight excluding hydrogens is 318 g/mol. The fourth-order valence-corrected chi connectivity index (χ4v) is 5.06. The molecule has 0 radical (unpaired) electrons. The van der Waals surface area contributed by atoms with E-state index in [0.717, 1.165) is 44.6 Å². The number of carbonyl (C=O) groups excluding carboxylic acids is 1. The number of aromatic nitrogens is 2. The zero-order chi connectivity index (χ0) is 16.7. The maximum atomic E-state index is 12.9. The van der Waals surface area contributed by atoms with Crippen molar-refractivity contribution in [2.24, 2.45) is 5.92 Å². The predicted octanol–water partition coefficient (Wildman–Crippen LogP) is 3.78. The Morgan fingerprint density at radius 3 is 3.04 bits per heavy atom. The average Bonchev–Trinajstić information content (AvgIpc) is 3.04. The number of piperidine rings is 1. The topological polar surface area (TPSA) is 38.1 Å². The van der Waals surface area contributed by atoms with Crippen LogP contribution in [0.4, 0.5) is 0 Å². The summed E-state index contributed by atoms with van der Waals surface area (Å²) in [6.45, 7) is 6.04. The lowest BCUT2D eigenvalue weighted by atomic mass is 10.0. The van der Waals surface area contributed by atoms with Crippen molar-refractivity contribution in [3.05, 3.63) is 40.1 Å². The molecule has 4 rings (SSSR count). The van der Waals surface area contributed by atoms with Crippen LogP contribution in [0.3, 0.4) is 0 Å². The van der Waals surface area contributed by atoms with Crippen LogP contribution in [0.2, 0.25) is 0 Å². The van der Waals surface area contributed by atoms with E-state index in [0.29, 0.717) is 17.9 Å². The van der Waals surface area contributed by atoms with E-state index in [4.69, 9.17) is 0 Å². The first-order chi connectivity index (χ1) is 11.7. The number of carbonyl (C=O) groups is 1. The van der Waals surface area contributed by atoms with Gasteiger partial charge in [0.05, 0.1) is 6.04 Å². The van der Waals surface area contributed by atoms with Gasteiger partial charge in [-0.15, -0.1) is 11.3 Å². The zero-order valence-electron chi connectivity index (χ0n) is 14.4. The van der Waals surface area contributed by atoms with Crippen molar-refractivity contribution in [3.8, 4) is 0 Å². The quantitative estimate of drug-likeness (QED) is 0.847. The highest BCUT2D eigenvalue weighted by Crippen LogP contribution is 2.50. The van der Waals surface area contributed by atoms with E-state index in [9.17, 15) is 4.79 Å². The lowest BCUT2D eigenvalue weighted by molar-refractivity contribution is -0.134. The minimum absolute atomic E-state index is 0.218. The highest BCUT2D eigenvalue weighted by atomic mass is 32.1. The Hall–Kier alpha value is -1.62. The van der Waals surface area contributed by atoms with Crippen LogP contribution in [-0.2, 0) is 11.2 Å². The Morgan fingerprint density at radius 2 is 2.29 bits per heavy atom. The third-order valence-corrected chi connectivity index (χ3v) is 6.53. The Labute approximate surface area is 147 Å². The van der Waals surface area contributed by atoms with Gasteiger partial charge >= 0.3 is 0 Å². The Kier molecular flexibility index (Phi) is 4.21. The molecule has 24 heavy (non-hydrogen) atoms. The Balaban J connectivity index is 1.42. The number of nitrogens with zero attached hydrogens (tertiary/aromatic N) is 3. The monoisotopic (exact) mass is 343 g/mol. The highest BCUT2D eigenvalue weighted by molar-refractivity contribution is 7.12. The fraction of sp³-hybridized carbons (Fsp3) is 0.579. The molecule has 3 atom stereocenters. The summed E-state index contributed by atoms with van der Waals surface area (Å²) in [6.07, 6.45) is 8.17. The van der Waals surface area contributed by atoms with Gasteiger partial charge in [-0.1, -0.05) is 6.92 Å². The number of hydrogen-bond acceptors (Lipinski definition) is 3. The van der Waals surface area contributed by atoms with Gasteiger partial charge in [-0.3, -0.25) is 4.79 Å². The molecule has 4 nitrogen and oxygen atoms in total. The summed E-state index contributed by atoms with van der Waals surface area (Å²) in [4.78, 5) is 22.2. The molecule has 0 N–H and O–H groups in total. The second-order valence-electron chi connectivity index (χ2n) is 7.08. The summed E-state index contributed by atoms with van der Waals surface area (Å²) in [7, 11) is 0. The molecule has 3 heterocycles. The van der Waals surface area contributed by atoms with Gasteiger partial charge in [-0.2, -0.15) is 0 Å². The van der Waals surface area contributed by atoms with Crippen LogP contribution in [0.25, 0.3) is 0 Å². The molecule has 1 saturated carbocycles. The number of aryl methyl sites for hydroxylation is 2. The molecule has 2 aromatic heterocycles. The van der Waals surface area contributed by atoms with E-state index < -0.39 is 0 Å². The molecule has 1 aliphatic heterocycles. The number of hydrogen-bond donors (Lipinski definition) is 0. The largest absolute Gasteiger partial charge is 0.340 e. The van der Waals surface area contributed by atoms with Gasteiger partial charge in [0, 0.05) is 53.5 Å². The van der Waals surface area contributed by atoms with Gasteiger partial charge in [0.25, 0.3) is 0 Å². The van der Waals surface area contributed by atoms with E-state index in [1.54, 1.807) is 0 Å². The first-order valence-electron chi connectivity index (χ1n) is 9.04. The summed E-state index contributed by atoms with van der Waals surface area (Å²) in [6, 6.07) is 4.76. The fourth-order valence-electron chi connectivity index (χ4n) is 4.00. The summed E-state index contributed by atoms with van der Waals surface area (Å²) in [5.41, 5.74) is 0. The number of thiophene rings is 1. The first kappa shape index (κ1) is 15.9. The smallest absolute Gasteiger partial charge is 0.226 e.